The van der Waals surface area contributed by atoms with Gasteiger partial charge in [-0.2, -0.15) is 0 Å². The lowest BCUT2D eigenvalue weighted by atomic mass is 10.1. The Kier molecular flexibility index (Phi) is 8.44. The van der Waals surface area contributed by atoms with Crippen LogP contribution in [0.4, 0.5) is 0 Å². The van der Waals surface area contributed by atoms with Gasteiger partial charge in [0.25, 0.3) is 0 Å². The Bertz CT molecular complexity index is 979. The van der Waals surface area contributed by atoms with Gasteiger partial charge in [0, 0.05) is 36.2 Å². The van der Waals surface area contributed by atoms with Crippen LogP contribution in [0.2, 0.25) is 5.02 Å². The van der Waals surface area contributed by atoms with Gasteiger partial charge in [0.15, 0.2) is 23.0 Å². The van der Waals surface area contributed by atoms with E-state index in [9.17, 15) is 0 Å². The van der Waals surface area contributed by atoms with Crippen LogP contribution in [0.5, 0.6) is 23.0 Å². The molecule has 5 nitrogen and oxygen atoms in total. The van der Waals surface area contributed by atoms with Crippen molar-refractivity contribution in [3.8, 4) is 23.0 Å². The number of hydrogen-bond donors (Lipinski definition) is 1. The molecule has 0 fully saturated rings. The number of benzene rings is 3. The van der Waals surface area contributed by atoms with Gasteiger partial charge in [-0.15, -0.1) is 0 Å². The van der Waals surface area contributed by atoms with Crippen LogP contribution in [0, 0.1) is 0 Å². The van der Waals surface area contributed by atoms with Gasteiger partial charge in [-0.1, -0.05) is 54.1 Å². The van der Waals surface area contributed by atoms with Gasteiger partial charge in [0.2, 0.25) is 0 Å². The highest BCUT2D eigenvalue weighted by Gasteiger charge is 2.13. The van der Waals surface area contributed by atoms with Gasteiger partial charge < -0.3 is 24.3 Å². The smallest absolute Gasteiger partial charge is 0.165 e. The third kappa shape index (κ3) is 6.06. The molecule has 0 radical (unpaired) electrons. The predicted octanol–water partition coefficient (Wildman–Crippen LogP) is 5.28. The van der Waals surface area contributed by atoms with E-state index >= 15 is 0 Å². The second-order valence-electron chi connectivity index (χ2n) is 6.93. The van der Waals surface area contributed by atoms with E-state index in [0.717, 1.165) is 29.0 Å². The predicted molar refractivity (Wildman–Crippen MR) is 124 cm³/mol. The molecule has 3 aromatic rings. The van der Waals surface area contributed by atoms with Crippen LogP contribution in [-0.2, 0) is 19.5 Å². The van der Waals surface area contributed by atoms with E-state index < -0.39 is 0 Å². The first kappa shape index (κ1) is 22.8. The fourth-order valence-electron chi connectivity index (χ4n) is 3.30. The monoisotopic (exact) mass is 441 g/mol. The molecule has 0 spiro atoms. The summed E-state index contributed by atoms with van der Waals surface area (Å²) >= 11 is 6.40. The molecule has 0 aliphatic heterocycles. The molecule has 3 aromatic carbocycles. The number of methoxy groups -OCH3 is 3. The zero-order valence-electron chi connectivity index (χ0n) is 18.1. The van der Waals surface area contributed by atoms with Crippen molar-refractivity contribution in [1.82, 2.24) is 5.32 Å². The summed E-state index contributed by atoms with van der Waals surface area (Å²) in [6.07, 6.45) is 0.826. The van der Waals surface area contributed by atoms with Crippen molar-refractivity contribution < 1.29 is 18.9 Å². The number of ether oxygens (including phenoxy) is 4. The van der Waals surface area contributed by atoms with E-state index in [1.807, 2.05) is 42.5 Å². The number of hydrogen-bond acceptors (Lipinski definition) is 5. The van der Waals surface area contributed by atoms with Crippen molar-refractivity contribution in [3.63, 3.8) is 0 Å². The van der Waals surface area contributed by atoms with E-state index in [1.54, 1.807) is 27.4 Å². The number of para-hydroxylation sites is 1. The van der Waals surface area contributed by atoms with E-state index in [0.29, 0.717) is 36.2 Å². The standard InChI is InChI=1S/C25H28ClNO4/c1-28-22-11-7-10-19(25(22)31-13-12-18-8-5-4-6-9-18)16-27-17-20-14-23(29-2)24(30-3)15-21(20)26/h4-11,14-15,27H,12-13,16-17H2,1-3H3. The Morgan fingerprint density at radius 1 is 0.742 bits per heavy atom. The Hall–Kier alpha value is -2.89. The summed E-state index contributed by atoms with van der Waals surface area (Å²) in [4.78, 5) is 0. The number of rotatable bonds is 11. The Labute approximate surface area is 188 Å². The van der Waals surface area contributed by atoms with E-state index in [2.05, 4.69) is 17.4 Å². The first-order chi connectivity index (χ1) is 15.2. The SMILES string of the molecule is COc1cc(Cl)c(CNCc2cccc(OC)c2OCCc2ccccc2)cc1OC. The second-order valence-corrected chi connectivity index (χ2v) is 7.34. The highest BCUT2D eigenvalue weighted by atomic mass is 35.5. The van der Waals surface area contributed by atoms with Crippen molar-refractivity contribution in [3.05, 3.63) is 82.4 Å². The molecular weight excluding hydrogens is 414 g/mol. The summed E-state index contributed by atoms with van der Waals surface area (Å²) in [5.41, 5.74) is 3.18. The van der Waals surface area contributed by atoms with Crippen LogP contribution in [0.3, 0.4) is 0 Å². The minimum Gasteiger partial charge on any atom is -0.493 e. The summed E-state index contributed by atoms with van der Waals surface area (Å²) in [5.74, 6) is 2.73. The molecular formula is C25H28ClNO4. The fourth-order valence-corrected chi connectivity index (χ4v) is 3.52. The first-order valence-corrected chi connectivity index (χ1v) is 10.5. The van der Waals surface area contributed by atoms with Crippen LogP contribution in [-0.4, -0.2) is 27.9 Å². The summed E-state index contributed by atoms with van der Waals surface area (Å²) in [5, 5.41) is 4.05. The van der Waals surface area contributed by atoms with Gasteiger partial charge >= 0.3 is 0 Å². The highest BCUT2D eigenvalue weighted by Crippen LogP contribution is 2.34. The molecule has 0 bridgehead atoms. The van der Waals surface area contributed by atoms with Gasteiger partial charge in [-0.05, 0) is 23.3 Å². The van der Waals surface area contributed by atoms with E-state index in [1.165, 1.54) is 5.56 Å². The normalized spacial score (nSPS) is 10.6. The van der Waals surface area contributed by atoms with Crippen molar-refractivity contribution in [2.24, 2.45) is 0 Å². The number of halogens is 1. The Balaban J connectivity index is 1.66. The molecule has 31 heavy (non-hydrogen) atoms. The molecule has 0 unspecified atom stereocenters. The molecule has 0 amide bonds. The maximum Gasteiger partial charge on any atom is 0.165 e. The molecule has 0 aromatic heterocycles. The van der Waals surface area contributed by atoms with Crippen molar-refractivity contribution >= 4 is 11.6 Å². The lowest BCUT2D eigenvalue weighted by Crippen LogP contribution is -2.15. The van der Waals surface area contributed by atoms with Crippen LogP contribution in [0.15, 0.2) is 60.7 Å². The Morgan fingerprint density at radius 2 is 1.42 bits per heavy atom. The molecule has 0 saturated carbocycles. The van der Waals surface area contributed by atoms with Crippen molar-refractivity contribution in [2.45, 2.75) is 19.5 Å². The summed E-state index contributed by atoms with van der Waals surface area (Å²) in [7, 11) is 4.85. The van der Waals surface area contributed by atoms with Crippen molar-refractivity contribution in [1.29, 1.82) is 0 Å². The lowest BCUT2D eigenvalue weighted by Gasteiger charge is -2.16. The minimum atomic E-state index is 0.568. The van der Waals surface area contributed by atoms with E-state index in [4.69, 9.17) is 30.5 Å². The molecule has 0 aliphatic rings. The molecule has 0 aliphatic carbocycles. The van der Waals surface area contributed by atoms with Crippen LogP contribution < -0.4 is 24.3 Å². The first-order valence-electron chi connectivity index (χ1n) is 10.1. The molecule has 3 rings (SSSR count). The van der Waals surface area contributed by atoms with Crippen LogP contribution >= 0.6 is 11.6 Å². The average Bonchev–Trinajstić information content (AvgIpc) is 2.81. The Morgan fingerprint density at radius 3 is 2.13 bits per heavy atom. The van der Waals surface area contributed by atoms with Crippen molar-refractivity contribution in [2.75, 3.05) is 27.9 Å². The van der Waals surface area contributed by atoms with Crippen LogP contribution in [0.1, 0.15) is 16.7 Å². The van der Waals surface area contributed by atoms with Gasteiger partial charge in [-0.3, -0.25) is 0 Å². The molecule has 1 N–H and O–H groups in total. The molecule has 6 heteroatoms. The fraction of sp³-hybridized carbons (Fsp3) is 0.280. The zero-order chi connectivity index (χ0) is 22.1. The molecule has 0 atom stereocenters. The molecule has 0 saturated heterocycles. The maximum atomic E-state index is 6.40. The third-order valence-corrected chi connectivity index (χ3v) is 5.30. The zero-order valence-corrected chi connectivity index (χ0v) is 18.9. The molecule has 164 valence electrons. The van der Waals surface area contributed by atoms with Gasteiger partial charge in [0.1, 0.15) is 0 Å². The highest BCUT2D eigenvalue weighted by molar-refractivity contribution is 6.31. The minimum absolute atomic E-state index is 0.568. The second kappa shape index (κ2) is 11.5. The maximum absolute atomic E-state index is 6.40. The quantitative estimate of drug-likeness (QED) is 0.439. The van der Waals surface area contributed by atoms with E-state index in [-0.39, 0.29) is 0 Å². The lowest BCUT2D eigenvalue weighted by molar-refractivity contribution is 0.293. The summed E-state index contributed by atoms with van der Waals surface area (Å²) in [6, 6.07) is 19.8. The largest absolute Gasteiger partial charge is 0.493 e. The summed E-state index contributed by atoms with van der Waals surface area (Å²) < 4.78 is 22.3. The summed E-state index contributed by atoms with van der Waals surface area (Å²) in [6.45, 7) is 1.74. The average molecular weight is 442 g/mol. The van der Waals surface area contributed by atoms with Gasteiger partial charge in [-0.25, -0.2) is 0 Å². The topological polar surface area (TPSA) is 49.0 Å². The third-order valence-electron chi connectivity index (χ3n) is 4.94. The van der Waals surface area contributed by atoms with Crippen LogP contribution in [0.25, 0.3) is 0 Å². The molecule has 0 heterocycles. The number of nitrogens with one attached hydrogen (secondary N) is 1. The van der Waals surface area contributed by atoms with Gasteiger partial charge in [0.05, 0.1) is 27.9 Å².